The first-order valence-electron chi connectivity index (χ1n) is 5.51. The number of hydrogen-bond acceptors (Lipinski definition) is 3. The van der Waals surface area contributed by atoms with E-state index in [4.69, 9.17) is 4.42 Å². The number of carbonyl (C=O) groups excluding carboxylic acids is 1. The molecule has 16 heavy (non-hydrogen) atoms. The third kappa shape index (κ3) is 1.29. The van der Waals surface area contributed by atoms with Crippen LogP contribution in [0.5, 0.6) is 0 Å². The van der Waals surface area contributed by atoms with Gasteiger partial charge in [-0.25, -0.2) is 4.79 Å². The monoisotopic (exact) mass is 213 g/mol. The number of hydrogen-bond donors (Lipinski definition) is 0. The Labute approximate surface area is 92.8 Å². The van der Waals surface area contributed by atoms with Crippen molar-refractivity contribution >= 4 is 22.7 Å². The lowest BCUT2D eigenvalue weighted by Gasteiger charge is -2.08. The molecule has 0 saturated heterocycles. The Balaban J connectivity index is 2.32. The predicted molar refractivity (Wildman–Crippen MR) is 60.6 cm³/mol. The second kappa shape index (κ2) is 3.62. The summed E-state index contributed by atoms with van der Waals surface area (Å²) in [6.45, 7) is 0. The molecular weight excluding hydrogens is 202 g/mol. The zero-order valence-electron chi connectivity index (χ0n) is 8.82. The van der Waals surface area contributed by atoms with Gasteiger partial charge in [0.2, 0.25) is 6.08 Å². The summed E-state index contributed by atoms with van der Waals surface area (Å²) in [5, 5.41) is 1.10. The van der Waals surface area contributed by atoms with Gasteiger partial charge >= 0.3 is 0 Å². The molecule has 3 nitrogen and oxygen atoms in total. The van der Waals surface area contributed by atoms with E-state index in [1.54, 1.807) is 12.1 Å². The Hall–Kier alpha value is -1.86. The fourth-order valence-corrected chi connectivity index (χ4v) is 2.41. The zero-order valence-corrected chi connectivity index (χ0v) is 8.82. The van der Waals surface area contributed by atoms with Gasteiger partial charge in [-0.3, -0.25) is 0 Å². The number of para-hydroxylation sites is 1. The Morgan fingerprint density at radius 1 is 1.25 bits per heavy atom. The van der Waals surface area contributed by atoms with Crippen molar-refractivity contribution < 1.29 is 9.21 Å². The summed E-state index contributed by atoms with van der Waals surface area (Å²) < 4.78 is 5.80. The Bertz CT molecular complexity index is 591. The van der Waals surface area contributed by atoms with Crippen LogP contribution >= 0.6 is 0 Å². The van der Waals surface area contributed by atoms with E-state index in [0.29, 0.717) is 5.69 Å². The van der Waals surface area contributed by atoms with Crippen LogP contribution in [0.15, 0.2) is 27.6 Å². The molecular formula is C13H11NO2. The molecule has 0 unspecified atom stereocenters. The van der Waals surface area contributed by atoms with Crippen molar-refractivity contribution in [1.29, 1.82) is 0 Å². The van der Waals surface area contributed by atoms with Gasteiger partial charge in [-0.15, -0.1) is 0 Å². The van der Waals surface area contributed by atoms with Crippen LogP contribution in [0, 0.1) is 0 Å². The van der Waals surface area contributed by atoms with E-state index in [9.17, 15) is 4.79 Å². The van der Waals surface area contributed by atoms with Gasteiger partial charge in [0.05, 0.1) is 0 Å². The molecule has 1 aliphatic rings. The van der Waals surface area contributed by atoms with Crippen molar-refractivity contribution in [3.8, 4) is 0 Å². The second-order valence-corrected chi connectivity index (χ2v) is 4.07. The second-order valence-electron chi connectivity index (χ2n) is 4.07. The highest BCUT2D eigenvalue weighted by Gasteiger charge is 2.18. The summed E-state index contributed by atoms with van der Waals surface area (Å²) >= 11 is 0. The van der Waals surface area contributed by atoms with Crippen molar-refractivity contribution in [2.24, 2.45) is 4.99 Å². The van der Waals surface area contributed by atoms with E-state index >= 15 is 0 Å². The molecule has 0 saturated carbocycles. The van der Waals surface area contributed by atoms with E-state index in [0.717, 1.165) is 29.6 Å². The SMILES string of the molecule is O=C=Nc1cccc2c3c(oc12)CCCC3. The van der Waals surface area contributed by atoms with Crippen molar-refractivity contribution in [3.63, 3.8) is 0 Å². The van der Waals surface area contributed by atoms with Crippen LogP contribution in [0.2, 0.25) is 0 Å². The minimum Gasteiger partial charge on any atom is -0.458 e. The highest BCUT2D eigenvalue weighted by Crippen LogP contribution is 2.36. The lowest BCUT2D eigenvalue weighted by Crippen LogP contribution is -1.98. The molecule has 0 bridgehead atoms. The largest absolute Gasteiger partial charge is 0.458 e. The topological polar surface area (TPSA) is 42.6 Å². The zero-order chi connectivity index (χ0) is 11.0. The van der Waals surface area contributed by atoms with E-state index in [-0.39, 0.29) is 0 Å². The van der Waals surface area contributed by atoms with Gasteiger partial charge in [0.1, 0.15) is 11.4 Å². The third-order valence-corrected chi connectivity index (χ3v) is 3.13. The molecule has 0 radical (unpaired) electrons. The number of aryl methyl sites for hydroxylation is 2. The first-order valence-corrected chi connectivity index (χ1v) is 5.51. The maximum absolute atomic E-state index is 10.3. The molecule has 0 spiro atoms. The molecule has 1 aliphatic carbocycles. The molecule has 0 fully saturated rings. The number of fused-ring (bicyclic) bond motifs is 3. The normalized spacial score (nSPS) is 14.5. The van der Waals surface area contributed by atoms with Gasteiger partial charge in [0.15, 0.2) is 5.58 Å². The Morgan fingerprint density at radius 3 is 3.00 bits per heavy atom. The first-order chi connectivity index (χ1) is 7.90. The number of nitrogens with zero attached hydrogens (tertiary/aromatic N) is 1. The van der Waals surface area contributed by atoms with Crippen LogP contribution in [0.1, 0.15) is 24.2 Å². The quantitative estimate of drug-likeness (QED) is 0.539. The van der Waals surface area contributed by atoms with E-state index in [1.807, 2.05) is 12.1 Å². The van der Waals surface area contributed by atoms with Crippen LogP contribution in [0.4, 0.5) is 5.69 Å². The summed E-state index contributed by atoms with van der Waals surface area (Å²) in [5.74, 6) is 1.06. The molecule has 80 valence electrons. The summed E-state index contributed by atoms with van der Waals surface area (Å²) in [6, 6.07) is 5.72. The van der Waals surface area contributed by atoms with Gasteiger partial charge < -0.3 is 4.42 Å². The summed E-state index contributed by atoms with van der Waals surface area (Å²) in [5.41, 5.74) is 2.61. The fraction of sp³-hybridized carbons (Fsp3) is 0.308. The van der Waals surface area contributed by atoms with Gasteiger partial charge in [-0.1, -0.05) is 12.1 Å². The standard InChI is InChI=1S/C13H11NO2/c15-8-14-11-6-3-5-10-9-4-1-2-7-12(9)16-13(10)11/h3,5-6H,1-2,4,7H2. The summed E-state index contributed by atoms with van der Waals surface area (Å²) in [6.07, 6.45) is 6.02. The van der Waals surface area contributed by atoms with Crippen molar-refractivity contribution in [2.45, 2.75) is 25.7 Å². The summed E-state index contributed by atoms with van der Waals surface area (Å²) in [4.78, 5) is 14.0. The molecule has 0 aliphatic heterocycles. The first kappa shape index (κ1) is 9.37. The lowest BCUT2D eigenvalue weighted by atomic mass is 9.96. The number of aliphatic imine (C=N–C) groups is 1. The number of furan rings is 1. The average Bonchev–Trinajstić information content (AvgIpc) is 2.69. The molecule has 1 heterocycles. The highest BCUT2D eigenvalue weighted by molar-refractivity contribution is 5.91. The molecule has 3 heteroatoms. The molecule has 1 aromatic heterocycles. The van der Waals surface area contributed by atoms with Crippen LogP contribution in [-0.2, 0) is 17.6 Å². The molecule has 2 aromatic rings. The van der Waals surface area contributed by atoms with E-state index < -0.39 is 0 Å². The van der Waals surface area contributed by atoms with Crippen LogP contribution < -0.4 is 0 Å². The third-order valence-electron chi connectivity index (χ3n) is 3.13. The van der Waals surface area contributed by atoms with Crippen LogP contribution in [-0.4, -0.2) is 6.08 Å². The smallest absolute Gasteiger partial charge is 0.240 e. The van der Waals surface area contributed by atoms with Crippen LogP contribution in [0.3, 0.4) is 0 Å². The van der Waals surface area contributed by atoms with Crippen molar-refractivity contribution in [1.82, 2.24) is 0 Å². The van der Waals surface area contributed by atoms with Gasteiger partial charge in [0, 0.05) is 17.4 Å². The number of rotatable bonds is 1. The minimum atomic E-state index is 0.585. The predicted octanol–water partition coefficient (Wildman–Crippen LogP) is 3.28. The minimum absolute atomic E-state index is 0.585. The fourth-order valence-electron chi connectivity index (χ4n) is 2.41. The van der Waals surface area contributed by atoms with Crippen LogP contribution in [0.25, 0.3) is 11.0 Å². The molecule has 0 N–H and O–H groups in total. The molecule has 1 aromatic carbocycles. The van der Waals surface area contributed by atoms with Gasteiger partial charge in [-0.2, -0.15) is 4.99 Å². The molecule has 0 amide bonds. The number of benzene rings is 1. The van der Waals surface area contributed by atoms with Crippen molar-refractivity contribution in [3.05, 3.63) is 29.5 Å². The van der Waals surface area contributed by atoms with E-state index in [1.165, 1.54) is 18.4 Å². The Morgan fingerprint density at radius 2 is 2.12 bits per heavy atom. The van der Waals surface area contributed by atoms with Gasteiger partial charge in [-0.05, 0) is 25.3 Å². The Kier molecular flexibility index (Phi) is 2.12. The molecule has 0 atom stereocenters. The lowest BCUT2D eigenvalue weighted by molar-refractivity contribution is 0.506. The highest BCUT2D eigenvalue weighted by atomic mass is 16.3. The number of isocyanates is 1. The summed E-state index contributed by atoms with van der Waals surface area (Å²) in [7, 11) is 0. The van der Waals surface area contributed by atoms with Gasteiger partial charge in [0.25, 0.3) is 0 Å². The average molecular weight is 213 g/mol. The van der Waals surface area contributed by atoms with Crippen molar-refractivity contribution in [2.75, 3.05) is 0 Å². The molecule has 3 rings (SSSR count). The maximum Gasteiger partial charge on any atom is 0.240 e. The maximum atomic E-state index is 10.3. The van der Waals surface area contributed by atoms with E-state index in [2.05, 4.69) is 4.99 Å².